The number of aromatic amines is 1. The Bertz CT molecular complexity index is 1370. The summed E-state index contributed by atoms with van der Waals surface area (Å²) in [5.41, 5.74) is 5.80. The van der Waals surface area contributed by atoms with Gasteiger partial charge in [-0.15, -0.1) is 16.7 Å². The number of alkyl halides is 1. The standard InChI is InChI=1S/C14H16N2O2.C11H12N2O.C3H5ClO/c1-10(17)9-18-14-11(2)13(16(3)15-14)12-7-5-4-6-8-12;1-8-10(13(2)12-11(8)14)9-6-4-3-5-7-9;1-3(5)2-4/h4-8H,9H2,1-3H3;3-7H,1-2H3,(H,12,14);2H2,1H3. The molecule has 0 bridgehead atoms. The molecule has 2 aromatic carbocycles. The van der Waals surface area contributed by atoms with Crippen LogP contribution in [-0.2, 0) is 23.7 Å². The molecule has 0 saturated heterocycles. The maximum atomic E-state index is 11.4. The van der Waals surface area contributed by atoms with Crippen LogP contribution < -0.4 is 10.3 Å². The van der Waals surface area contributed by atoms with Crippen LogP contribution in [0.4, 0.5) is 0 Å². The molecule has 4 aromatic rings. The first-order valence-corrected chi connectivity index (χ1v) is 12.2. The second kappa shape index (κ2) is 14.0. The largest absolute Gasteiger partial charge is 0.468 e. The van der Waals surface area contributed by atoms with E-state index in [9.17, 15) is 14.4 Å². The van der Waals surface area contributed by atoms with Gasteiger partial charge < -0.3 is 4.74 Å². The van der Waals surface area contributed by atoms with Gasteiger partial charge in [-0.1, -0.05) is 60.7 Å². The highest BCUT2D eigenvalue weighted by molar-refractivity contribution is 6.27. The Morgan fingerprint density at radius 1 is 0.865 bits per heavy atom. The van der Waals surface area contributed by atoms with E-state index in [0.717, 1.165) is 33.6 Å². The van der Waals surface area contributed by atoms with Gasteiger partial charge in [-0.25, -0.2) is 0 Å². The molecule has 8 nitrogen and oxygen atoms in total. The topological polar surface area (TPSA) is 99.0 Å². The van der Waals surface area contributed by atoms with E-state index in [0.29, 0.717) is 5.88 Å². The molecular formula is C28H33ClN4O4. The quantitative estimate of drug-likeness (QED) is 0.363. The Balaban J connectivity index is 0.000000225. The molecule has 0 unspecified atom stereocenters. The number of H-pyrrole nitrogens is 1. The van der Waals surface area contributed by atoms with Crippen molar-refractivity contribution in [2.24, 2.45) is 14.1 Å². The van der Waals surface area contributed by atoms with Crippen molar-refractivity contribution in [1.29, 1.82) is 0 Å². The zero-order valence-electron chi connectivity index (χ0n) is 22.0. The number of hydrogen-bond acceptors (Lipinski definition) is 5. The number of nitrogens with zero attached hydrogens (tertiary/aromatic N) is 3. The summed E-state index contributed by atoms with van der Waals surface area (Å²) in [4.78, 5) is 32.0. The third-order valence-corrected chi connectivity index (χ3v) is 5.61. The van der Waals surface area contributed by atoms with Crippen molar-refractivity contribution in [3.8, 4) is 28.4 Å². The van der Waals surface area contributed by atoms with Gasteiger partial charge >= 0.3 is 0 Å². The molecule has 0 aliphatic rings. The van der Waals surface area contributed by atoms with Gasteiger partial charge in [-0.2, -0.15) is 0 Å². The minimum absolute atomic E-state index is 0.0127. The number of benzene rings is 2. The van der Waals surface area contributed by atoms with E-state index in [1.807, 2.05) is 88.6 Å². The zero-order chi connectivity index (χ0) is 27.5. The lowest BCUT2D eigenvalue weighted by Crippen LogP contribution is -2.07. The first kappa shape index (κ1) is 29.3. The molecule has 0 fully saturated rings. The Hall–Kier alpha value is -3.91. The molecule has 0 aliphatic heterocycles. The van der Waals surface area contributed by atoms with Crippen molar-refractivity contribution in [2.75, 3.05) is 12.5 Å². The van der Waals surface area contributed by atoms with Gasteiger partial charge in [0.2, 0.25) is 5.88 Å². The van der Waals surface area contributed by atoms with Crippen molar-refractivity contribution < 1.29 is 14.3 Å². The fraction of sp³-hybridized carbons (Fsp3) is 0.286. The molecule has 0 atom stereocenters. The maximum Gasteiger partial charge on any atom is 0.267 e. The van der Waals surface area contributed by atoms with E-state index in [1.54, 1.807) is 9.36 Å². The summed E-state index contributed by atoms with van der Waals surface area (Å²) in [6.07, 6.45) is 0. The lowest BCUT2D eigenvalue weighted by molar-refractivity contribution is -0.119. The van der Waals surface area contributed by atoms with Crippen molar-refractivity contribution in [3.63, 3.8) is 0 Å². The van der Waals surface area contributed by atoms with Gasteiger partial charge in [0.05, 0.1) is 17.3 Å². The van der Waals surface area contributed by atoms with E-state index in [2.05, 4.69) is 10.2 Å². The lowest BCUT2D eigenvalue weighted by atomic mass is 10.1. The maximum absolute atomic E-state index is 11.4. The number of carbonyl (C=O) groups excluding carboxylic acids is 2. The zero-order valence-corrected chi connectivity index (χ0v) is 22.8. The molecular weight excluding hydrogens is 492 g/mol. The van der Waals surface area contributed by atoms with Gasteiger partial charge in [0, 0.05) is 36.3 Å². The Morgan fingerprint density at radius 3 is 1.76 bits per heavy atom. The molecule has 0 aliphatic carbocycles. The van der Waals surface area contributed by atoms with Crippen LogP contribution in [0.2, 0.25) is 0 Å². The van der Waals surface area contributed by atoms with E-state index in [4.69, 9.17) is 16.3 Å². The number of rotatable bonds is 6. The van der Waals surface area contributed by atoms with Crippen LogP contribution in [0, 0.1) is 13.8 Å². The fourth-order valence-corrected chi connectivity index (χ4v) is 3.57. The van der Waals surface area contributed by atoms with Gasteiger partial charge in [0.1, 0.15) is 12.4 Å². The van der Waals surface area contributed by atoms with Crippen LogP contribution >= 0.6 is 11.6 Å². The number of ether oxygens (including phenoxy) is 1. The van der Waals surface area contributed by atoms with Crippen LogP contribution in [0.15, 0.2) is 65.5 Å². The van der Waals surface area contributed by atoms with Crippen LogP contribution in [0.25, 0.3) is 22.5 Å². The molecule has 0 radical (unpaired) electrons. The number of nitrogens with one attached hydrogen (secondary N) is 1. The summed E-state index contributed by atoms with van der Waals surface area (Å²) in [5, 5.41) is 7.04. The van der Waals surface area contributed by atoms with Crippen LogP contribution in [-0.4, -0.2) is 43.6 Å². The molecule has 0 saturated carbocycles. The fourth-order valence-electron chi connectivity index (χ4n) is 3.57. The predicted molar refractivity (Wildman–Crippen MR) is 147 cm³/mol. The first-order valence-electron chi connectivity index (χ1n) is 11.6. The molecule has 4 rings (SSSR count). The number of hydrogen-bond donors (Lipinski definition) is 1. The second-order valence-corrected chi connectivity index (χ2v) is 8.70. The van der Waals surface area contributed by atoms with E-state index < -0.39 is 0 Å². The van der Waals surface area contributed by atoms with Gasteiger partial charge in [-0.05, 0) is 27.7 Å². The van der Waals surface area contributed by atoms with E-state index in [1.165, 1.54) is 13.8 Å². The number of aromatic nitrogens is 4. The van der Waals surface area contributed by atoms with E-state index in [-0.39, 0.29) is 29.6 Å². The summed E-state index contributed by atoms with van der Waals surface area (Å²) >= 11 is 4.99. The van der Waals surface area contributed by atoms with Crippen LogP contribution in [0.3, 0.4) is 0 Å². The molecule has 2 heterocycles. The Morgan fingerprint density at radius 2 is 1.35 bits per heavy atom. The smallest absolute Gasteiger partial charge is 0.267 e. The molecule has 0 spiro atoms. The van der Waals surface area contributed by atoms with Gasteiger partial charge in [0.25, 0.3) is 5.56 Å². The molecule has 37 heavy (non-hydrogen) atoms. The monoisotopic (exact) mass is 524 g/mol. The van der Waals surface area contributed by atoms with Crippen molar-refractivity contribution >= 4 is 23.2 Å². The first-order chi connectivity index (χ1) is 17.6. The van der Waals surface area contributed by atoms with Gasteiger partial charge in [0.15, 0.2) is 5.78 Å². The van der Waals surface area contributed by atoms with Crippen molar-refractivity contribution in [1.82, 2.24) is 19.6 Å². The summed E-state index contributed by atoms with van der Waals surface area (Å²) in [6.45, 7) is 6.79. The Labute approximate surface area is 221 Å². The number of aryl methyl sites for hydroxylation is 2. The lowest BCUT2D eigenvalue weighted by Gasteiger charge is -2.03. The van der Waals surface area contributed by atoms with Crippen LogP contribution in [0.1, 0.15) is 25.0 Å². The van der Waals surface area contributed by atoms with Crippen LogP contribution in [0.5, 0.6) is 5.88 Å². The highest BCUT2D eigenvalue weighted by Gasteiger charge is 2.15. The SMILES string of the molecule is CC(=O)CCl.CC(=O)COc1nn(C)c(-c2ccccc2)c1C.Cc1c(-c2ccccc2)n(C)[nH]c1=O. The highest BCUT2D eigenvalue weighted by Crippen LogP contribution is 2.29. The molecule has 2 aromatic heterocycles. The van der Waals surface area contributed by atoms with Crippen molar-refractivity contribution in [2.45, 2.75) is 27.7 Å². The molecule has 1 N–H and O–H groups in total. The van der Waals surface area contributed by atoms with Crippen molar-refractivity contribution in [3.05, 3.63) is 82.1 Å². The predicted octanol–water partition coefficient (Wildman–Crippen LogP) is 4.87. The summed E-state index contributed by atoms with van der Waals surface area (Å²) in [6, 6.07) is 19.9. The minimum Gasteiger partial charge on any atom is -0.468 e. The summed E-state index contributed by atoms with van der Waals surface area (Å²) in [5.74, 6) is 0.666. The molecule has 9 heteroatoms. The average molecular weight is 525 g/mol. The van der Waals surface area contributed by atoms with Gasteiger partial charge in [-0.3, -0.25) is 28.8 Å². The summed E-state index contributed by atoms with van der Waals surface area (Å²) < 4.78 is 8.93. The Kier molecular flexibility index (Phi) is 11.1. The average Bonchev–Trinajstić information content (AvgIpc) is 3.31. The highest BCUT2D eigenvalue weighted by atomic mass is 35.5. The third-order valence-electron chi connectivity index (χ3n) is 5.24. The number of Topliss-reactive ketones (excluding diaryl/α,β-unsaturated/α-hetero) is 2. The number of halogens is 1. The second-order valence-electron chi connectivity index (χ2n) is 8.43. The third kappa shape index (κ3) is 8.32. The minimum atomic E-state index is -0.0219. The number of carbonyl (C=O) groups is 2. The molecule has 0 amide bonds. The normalized spacial score (nSPS) is 10.0. The van der Waals surface area contributed by atoms with E-state index >= 15 is 0 Å². The number of ketones is 2. The molecule has 196 valence electrons. The summed E-state index contributed by atoms with van der Waals surface area (Å²) in [7, 11) is 3.71.